The van der Waals surface area contributed by atoms with E-state index in [1.54, 1.807) is 12.3 Å². The van der Waals surface area contributed by atoms with E-state index in [0.29, 0.717) is 5.92 Å². The number of aromatic nitrogens is 1. The fraction of sp³-hybridized carbons (Fsp3) is 0.250. The maximum atomic E-state index is 5.94. The summed E-state index contributed by atoms with van der Waals surface area (Å²) in [6, 6.07) is 1.80. The highest BCUT2D eigenvalue weighted by Gasteiger charge is 2.17. The Morgan fingerprint density at radius 1 is 1.55 bits per heavy atom. The topological polar surface area (TPSA) is 25.2 Å². The number of hydrogen-bond acceptors (Lipinski definition) is 2. The van der Waals surface area contributed by atoms with Gasteiger partial charge < -0.3 is 0 Å². The molecular weight excluding hydrogens is 160 g/mol. The number of fused-ring (bicyclic) bond motifs is 1. The standard InChI is InChI=1S/C8H7ClN2/c1-5-4-11-8-7(5)6(9)2-3-10-8/h2-5H,1H3. The van der Waals surface area contributed by atoms with Crippen LogP contribution in [-0.2, 0) is 0 Å². The summed E-state index contributed by atoms with van der Waals surface area (Å²) in [4.78, 5) is 8.21. The molecule has 2 rings (SSSR count). The molecule has 3 heteroatoms. The summed E-state index contributed by atoms with van der Waals surface area (Å²) in [5, 5.41) is 0.764. The predicted molar refractivity (Wildman–Crippen MR) is 45.8 cm³/mol. The molecule has 1 aromatic heterocycles. The SMILES string of the molecule is CC1C=Nc2nccc(Cl)c21. The fourth-order valence-corrected chi connectivity index (χ4v) is 1.53. The van der Waals surface area contributed by atoms with Crippen molar-refractivity contribution in [3.63, 3.8) is 0 Å². The summed E-state index contributed by atoms with van der Waals surface area (Å²) in [6.07, 6.45) is 3.54. The van der Waals surface area contributed by atoms with Crippen LogP contribution in [0.25, 0.3) is 0 Å². The third-order valence-corrected chi connectivity index (χ3v) is 2.12. The second kappa shape index (κ2) is 2.31. The molecule has 0 bridgehead atoms. The average molecular weight is 167 g/mol. The molecule has 1 atom stereocenters. The Hall–Kier alpha value is -0.890. The van der Waals surface area contributed by atoms with Crippen molar-refractivity contribution < 1.29 is 0 Å². The highest BCUT2D eigenvalue weighted by molar-refractivity contribution is 6.32. The quantitative estimate of drug-likeness (QED) is 0.582. The number of halogens is 1. The maximum absolute atomic E-state index is 5.94. The minimum Gasteiger partial charge on any atom is -0.241 e. The van der Waals surface area contributed by atoms with Gasteiger partial charge in [-0.2, -0.15) is 0 Å². The van der Waals surface area contributed by atoms with Crippen LogP contribution in [0.2, 0.25) is 5.02 Å². The monoisotopic (exact) mass is 166 g/mol. The average Bonchev–Trinajstić information content (AvgIpc) is 2.34. The van der Waals surface area contributed by atoms with Crippen molar-refractivity contribution in [1.29, 1.82) is 0 Å². The summed E-state index contributed by atoms with van der Waals surface area (Å²) in [7, 11) is 0. The molecule has 0 amide bonds. The van der Waals surface area contributed by atoms with E-state index < -0.39 is 0 Å². The van der Waals surface area contributed by atoms with Crippen LogP contribution in [0, 0.1) is 0 Å². The molecule has 2 nitrogen and oxygen atoms in total. The first-order valence-corrected chi connectivity index (χ1v) is 3.85. The highest BCUT2D eigenvalue weighted by Crippen LogP contribution is 2.34. The van der Waals surface area contributed by atoms with Gasteiger partial charge in [-0.05, 0) is 6.07 Å². The molecule has 1 aromatic rings. The van der Waals surface area contributed by atoms with E-state index in [2.05, 4.69) is 16.9 Å². The minimum atomic E-state index is 0.311. The van der Waals surface area contributed by atoms with Crippen LogP contribution in [0.1, 0.15) is 18.4 Å². The fourth-order valence-electron chi connectivity index (χ4n) is 1.22. The third kappa shape index (κ3) is 0.942. The lowest BCUT2D eigenvalue weighted by molar-refractivity contribution is 1.06. The number of rotatable bonds is 0. The maximum Gasteiger partial charge on any atom is 0.156 e. The van der Waals surface area contributed by atoms with E-state index in [-0.39, 0.29) is 0 Å². The molecule has 0 saturated carbocycles. The lowest BCUT2D eigenvalue weighted by Crippen LogP contribution is -1.89. The van der Waals surface area contributed by atoms with Gasteiger partial charge in [0.05, 0.1) is 0 Å². The first kappa shape index (κ1) is 6.80. The van der Waals surface area contributed by atoms with Gasteiger partial charge >= 0.3 is 0 Å². The lowest BCUT2D eigenvalue weighted by Gasteiger charge is -2.02. The van der Waals surface area contributed by atoms with Crippen LogP contribution in [0.5, 0.6) is 0 Å². The van der Waals surface area contributed by atoms with Crippen molar-refractivity contribution in [2.45, 2.75) is 12.8 Å². The van der Waals surface area contributed by atoms with Crippen molar-refractivity contribution in [3.8, 4) is 0 Å². The summed E-state index contributed by atoms with van der Waals surface area (Å²) in [5.74, 6) is 1.08. The van der Waals surface area contributed by atoms with Gasteiger partial charge in [0.25, 0.3) is 0 Å². The Kier molecular flexibility index (Phi) is 1.43. The molecule has 0 fully saturated rings. The van der Waals surface area contributed by atoms with Crippen LogP contribution in [0.4, 0.5) is 5.82 Å². The van der Waals surface area contributed by atoms with Gasteiger partial charge in [-0.1, -0.05) is 18.5 Å². The third-order valence-electron chi connectivity index (χ3n) is 1.79. The molecular formula is C8H7ClN2. The minimum absolute atomic E-state index is 0.311. The lowest BCUT2D eigenvalue weighted by atomic mass is 10.1. The highest BCUT2D eigenvalue weighted by atomic mass is 35.5. The molecule has 0 radical (unpaired) electrons. The van der Waals surface area contributed by atoms with Gasteiger partial charge in [-0.3, -0.25) is 0 Å². The van der Waals surface area contributed by atoms with E-state index in [0.717, 1.165) is 16.4 Å². The van der Waals surface area contributed by atoms with Gasteiger partial charge in [0.2, 0.25) is 0 Å². The molecule has 0 aliphatic carbocycles. The Bertz CT molecular complexity index is 320. The second-order valence-electron chi connectivity index (χ2n) is 2.60. The van der Waals surface area contributed by atoms with E-state index in [1.807, 2.05) is 6.21 Å². The number of nitrogens with zero attached hydrogens (tertiary/aromatic N) is 2. The normalized spacial score (nSPS) is 20.4. The Morgan fingerprint density at radius 2 is 2.36 bits per heavy atom. The molecule has 0 aromatic carbocycles. The smallest absolute Gasteiger partial charge is 0.156 e. The van der Waals surface area contributed by atoms with Crippen molar-refractivity contribution in [3.05, 3.63) is 22.8 Å². The largest absolute Gasteiger partial charge is 0.241 e. The summed E-state index contributed by atoms with van der Waals surface area (Å²) >= 11 is 5.94. The molecule has 1 aliphatic rings. The van der Waals surface area contributed by atoms with E-state index in [4.69, 9.17) is 11.6 Å². The molecule has 11 heavy (non-hydrogen) atoms. The molecule has 1 unspecified atom stereocenters. The second-order valence-corrected chi connectivity index (χ2v) is 3.00. The Balaban J connectivity index is 2.65. The van der Waals surface area contributed by atoms with Crippen LogP contribution in [0.3, 0.4) is 0 Å². The Labute approximate surface area is 69.9 Å². The van der Waals surface area contributed by atoms with Crippen LogP contribution < -0.4 is 0 Å². The number of pyridine rings is 1. The summed E-state index contributed by atoms with van der Waals surface area (Å²) in [5.41, 5.74) is 1.05. The van der Waals surface area contributed by atoms with Gasteiger partial charge in [0.15, 0.2) is 5.82 Å². The van der Waals surface area contributed by atoms with Crippen LogP contribution in [-0.4, -0.2) is 11.2 Å². The van der Waals surface area contributed by atoms with Gasteiger partial charge in [-0.15, -0.1) is 0 Å². The number of hydrogen-bond donors (Lipinski definition) is 0. The Morgan fingerprint density at radius 3 is 3.09 bits per heavy atom. The van der Waals surface area contributed by atoms with Crippen LogP contribution in [0.15, 0.2) is 17.3 Å². The molecule has 56 valence electrons. The van der Waals surface area contributed by atoms with Crippen molar-refractivity contribution >= 4 is 23.6 Å². The molecule has 2 heterocycles. The van der Waals surface area contributed by atoms with E-state index >= 15 is 0 Å². The zero-order chi connectivity index (χ0) is 7.84. The van der Waals surface area contributed by atoms with Gasteiger partial charge in [0.1, 0.15) is 0 Å². The summed E-state index contributed by atoms with van der Waals surface area (Å²) < 4.78 is 0. The van der Waals surface area contributed by atoms with Gasteiger partial charge in [0, 0.05) is 28.9 Å². The zero-order valence-electron chi connectivity index (χ0n) is 6.08. The first-order chi connectivity index (χ1) is 5.29. The van der Waals surface area contributed by atoms with E-state index in [1.165, 1.54) is 0 Å². The van der Waals surface area contributed by atoms with Crippen molar-refractivity contribution in [2.24, 2.45) is 4.99 Å². The van der Waals surface area contributed by atoms with Crippen molar-refractivity contribution in [1.82, 2.24) is 4.98 Å². The molecule has 1 aliphatic heterocycles. The summed E-state index contributed by atoms with van der Waals surface area (Å²) in [6.45, 7) is 2.06. The van der Waals surface area contributed by atoms with E-state index in [9.17, 15) is 0 Å². The molecule has 0 N–H and O–H groups in total. The first-order valence-electron chi connectivity index (χ1n) is 3.47. The van der Waals surface area contributed by atoms with Gasteiger partial charge in [-0.25, -0.2) is 9.98 Å². The predicted octanol–water partition coefficient (Wildman–Crippen LogP) is 2.55. The van der Waals surface area contributed by atoms with Crippen LogP contribution >= 0.6 is 11.6 Å². The molecule has 0 spiro atoms. The number of aliphatic imine (C=N–C) groups is 1. The zero-order valence-corrected chi connectivity index (χ0v) is 6.84. The molecule has 0 saturated heterocycles. The van der Waals surface area contributed by atoms with Crippen molar-refractivity contribution in [2.75, 3.05) is 0 Å².